The summed E-state index contributed by atoms with van der Waals surface area (Å²) in [5.74, 6) is 0. The van der Waals surface area contributed by atoms with E-state index in [9.17, 15) is 0 Å². The highest BCUT2D eigenvalue weighted by Gasteiger charge is 2.34. The van der Waals surface area contributed by atoms with Gasteiger partial charge in [0.05, 0.1) is 0 Å². The van der Waals surface area contributed by atoms with Crippen LogP contribution in [0.3, 0.4) is 0 Å². The van der Waals surface area contributed by atoms with Crippen LogP contribution in [-0.4, -0.2) is 22.8 Å². The Bertz CT molecular complexity index is 281. The highest BCUT2D eigenvalue weighted by molar-refractivity contribution is 7.12. The Morgan fingerprint density at radius 3 is 2.50 bits per heavy atom. The van der Waals surface area contributed by atoms with Crippen molar-refractivity contribution in [2.75, 3.05) is 14.2 Å². The van der Waals surface area contributed by atoms with E-state index in [0.29, 0.717) is 0 Å². The van der Waals surface area contributed by atoms with E-state index in [4.69, 9.17) is 8.85 Å². The fourth-order valence-corrected chi connectivity index (χ4v) is 4.83. The van der Waals surface area contributed by atoms with Crippen molar-refractivity contribution in [1.82, 2.24) is 0 Å². The van der Waals surface area contributed by atoms with Gasteiger partial charge in [-0.3, -0.25) is 0 Å². The largest absolute Gasteiger partial charge is 0.394 e. The normalized spacial score (nSPS) is 12.0. The molecule has 0 aliphatic carbocycles. The first-order chi connectivity index (χ1) is 6.68. The van der Waals surface area contributed by atoms with Crippen LogP contribution in [0, 0.1) is 0 Å². The Balaban J connectivity index is 2.97. The van der Waals surface area contributed by atoms with Crippen LogP contribution in [0.1, 0.15) is 18.2 Å². The molecule has 0 atom stereocenters. The van der Waals surface area contributed by atoms with E-state index in [2.05, 4.69) is 24.9 Å². The average molecular weight is 230 g/mol. The zero-order valence-corrected chi connectivity index (χ0v) is 11.1. The minimum Gasteiger partial charge on any atom is -0.394 e. The maximum Gasteiger partial charge on any atom is 0.369 e. The van der Waals surface area contributed by atoms with E-state index in [1.165, 1.54) is 16.5 Å². The molecule has 0 saturated carbocycles. The van der Waals surface area contributed by atoms with Gasteiger partial charge in [0.25, 0.3) is 0 Å². The number of rotatable bonds is 5. The van der Waals surface area contributed by atoms with Gasteiger partial charge in [0.1, 0.15) is 0 Å². The van der Waals surface area contributed by atoms with E-state index in [0.717, 1.165) is 6.42 Å². The maximum atomic E-state index is 5.54. The minimum atomic E-state index is -2.09. The molecule has 0 amide bonds. The summed E-state index contributed by atoms with van der Waals surface area (Å²) in [5, 5.41) is 3.43. The van der Waals surface area contributed by atoms with Gasteiger partial charge < -0.3 is 8.85 Å². The highest BCUT2D eigenvalue weighted by atomic mass is 32.1. The molecule has 0 aliphatic heterocycles. The SMILES string of the molecule is CCCc1sccc1[Si](C)(OC)OC. The van der Waals surface area contributed by atoms with Gasteiger partial charge in [-0.25, -0.2) is 0 Å². The first kappa shape index (κ1) is 11.9. The molecule has 1 rings (SSSR count). The lowest BCUT2D eigenvalue weighted by molar-refractivity contribution is 0.265. The van der Waals surface area contributed by atoms with Crippen LogP contribution in [0.5, 0.6) is 0 Å². The summed E-state index contributed by atoms with van der Waals surface area (Å²) in [7, 11) is 1.39. The van der Waals surface area contributed by atoms with Crippen LogP contribution in [-0.2, 0) is 15.3 Å². The lowest BCUT2D eigenvalue weighted by atomic mass is 10.3. The van der Waals surface area contributed by atoms with Crippen molar-refractivity contribution in [3.63, 3.8) is 0 Å². The zero-order chi connectivity index (χ0) is 10.6. The van der Waals surface area contributed by atoms with Gasteiger partial charge in [-0.05, 0) is 24.4 Å². The lowest BCUT2D eigenvalue weighted by Crippen LogP contribution is -2.50. The molecular formula is C10H18O2SSi. The Morgan fingerprint density at radius 2 is 2.00 bits per heavy atom. The molecule has 0 aromatic carbocycles. The standard InChI is InChI=1S/C10H18O2SSi/c1-5-6-9-10(7-8-13-9)14(4,11-2)12-3/h7-8H,5-6H2,1-4H3. The lowest BCUT2D eigenvalue weighted by Gasteiger charge is -2.23. The van der Waals surface area contributed by atoms with Crippen LogP contribution in [0.2, 0.25) is 6.55 Å². The van der Waals surface area contributed by atoms with Crippen LogP contribution < -0.4 is 5.19 Å². The van der Waals surface area contributed by atoms with Crippen LogP contribution in [0.15, 0.2) is 11.4 Å². The van der Waals surface area contributed by atoms with Crippen molar-refractivity contribution >= 4 is 25.1 Å². The summed E-state index contributed by atoms with van der Waals surface area (Å²) in [5.41, 5.74) is 0. The monoisotopic (exact) mass is 230 g/mol. The molecule has 0 unspecified atom stereocenters. The number of thiophene rings is 1. The molecule has 1 aromatic heterocycles. The first-order valence-corrected chi connectivity index (χ1v) is 8.04. The summed E-state index contributed by atoms with van der Waals surface area (Å²) >= 11 is 1.81. The molecule has 1 aromatic rings. The quantitative estimate of drug-likeness (QED) is 0.723. The Labute approximate surface area is 91.1 Å². The molecule has 0 bridgehead atoms. The van der Waals surface area contributed by atoms with Gasteiger partial charge in [-0.2, -0.15) is 0 Å². The van der Waals surface area contributed by atoms with Gasteiger partial charge in [0.15, 0.2) is 0 Å². The fraction of sp³-hybridized carbons (Fsp3) is 0.600. The van der Waals surface area contributed by atoms with Crippen LogP contribution in [0.25, 0.3) is 0 Å². The van der Waals surface area contributed by atoms with Crippen molar-refractivity contribution in [3.8, 4) is 0 Å². The van der Waals surface area contributed by atoms with E-state index in [1.807, 2.05) is 0 Å². The first-order valence-electron chi connectivity index (χ1n) is 4.85. The average Bonchev–Trinajstić information content (AvgIpc) is 2.66. The fourth-order valence-electron chi connectivity index (χ4n) is 1.47. The molecule has 4 heteroatoms. The Morgan fingerprint density at radius 1 is 1.36 bits per heavy atom. The van der Waals surface area contributed by atoms with Crippen molar-refractivity contribution in [1.29, 1.82) is 0 Å². The van der Waals surface area contributed by atoms with Gasteiger partial charge in [-0.1, -0.05) is 13.3 Å². The predicted octanol–water partition coefficient (Wildman–Crippen LogP) is 2.27. The number of aryl methyl sites for hydroxylation is 1. The molecule has 0 fully saturated rings. The van der Waals surface area contributed by atoms with E-state index in [1.54, 1.807) is 25.6 Å². The predicted molar refractivity (Wildman–Crippen MR) is 63.6 cm³/mol. The third kappa shape index (κ3) is 2.25. The summed E-state index contributed by atoms with van der Waals surface area (Å²) in [4.78, 5) is 1.42. The third-order valence-corrected chi connectivity index (χ3v) is 6.66. The van der Waals surface area contributed by atoms with Gasteiger partial charge in [-0.15, -0.1) is 11.3 Å². The molecule has 0 spiro atoms. The van der Waals surface area contributed by atoms with E-state index >= 15 is 0 Å². The minimum absolute atomic E-state index is 1.13. The van der Waals surface area contributed by atoms with E-state index < -0.39 is 8.56 Å². The van der Waals surface area contributed by atoms with Gasteiger partial charge in [0, 0.05) is 24.3 Å². The molecule has 1 heterocycles. The summed E-state index contributed by atoms with van der Waals surface area (Å²) in [6.07, 6.45) is 2.30. The second-order valence-corrected chi connectivity index (χ2v) is 7.61. The summed E-state index contributed by atoms with van der Waals surface area (Å²) in [6, 6.07) is 2.15. The molecule has 80 valence electrons. The van der Waals surface area contributed by atoms with Crippen molar-refractivity contribution < 1.29 is 8.85 Å². The number of hydrogen-bond donors (Lipinski definition) is 0. The molecule has 0 N–H and O–H groups in total. The third-order valence-electron chi connectivity index (χ3n) is 2.49. The smallest absolute Gasteiger partial charge is 0.369 e. The molecule has 0 radical (unpaired) electrons. The Kier molecular flexibility index (Phi) is 4.31. The van der Waals surface area contributed by atoms with Gasteiger partial charge in [0.2, 0.25) is 0 Å². The topological polar surface area (TPSA) is 18.5 Å². The van der Waals surface area contributed by atoms with Crippen molar-refractivity contribution in [3.05, 3.63) is 16.3 Å². The molecular weight excluding hydrogens is 212 g/mol. The summed E-state index contributed by atoms with van der Waals surface area (Å²) in [6.45, 7) is 4.29. The molecule has 2 nitrogen and oxygen atoms in total. The van der Waals surface area contributed by atoms with E-state index in [-0.39, 0.29) is 0 Å². The zero-order valence-electron chi connectivity index (χ0n) is 9.29. The van der Waals surface area contributed by atoms with Crippen molar-refractivity contribution in [2.24, 2.45) is 0 Å². The highest BCUT2D eigenvalue weighted by Crippen LogP contribution is 2.16. The number of hydrogen-bond acceptors (Lipinski definition) is 3. The molecule has 0 saturated heterocycles. The molecule has 14 heavy (non-hydrogen) atoms. The van der Waals surface area contributed by atoms with Gasteiger partial charge >= 0.3 is 8.56 Å². The van der Waals surface area contributed by atoms with Crippen molar-refractivity contribution in [2.45, 2.75) is 26.3 Å². The molecule has 0 aliphatic rings. The Hall–Kier alpha value is -0.163. The summed E-state index contributed by atoms with van der Waals surface area (Å²) < 4.78 is 11.1. The second kappa shape index (κ2) is 5.07. The van der Waals surface area contributed by atoms with Crippen LogP contribution in [0.4, 0.5) is 0 Å². The maximum absolute atomic E-state index is 5.54. The van der Waals surface area contributed by atoms with Crippen LogP contribution >= 0.6 is 11.3 Å². The second-order valence-electron chi connectivity index (χ2n) is 3.36.